The Morgan fingerprint density at radius 2 is 2.14 bits per heavy atom. The molecule has 1 saturated heterocycles. The maximum Gasteiger partial charge on any atom is 0.337 e. The van der Waals surface area contributed by atoms with Gasteiger partial charge in [-0.2, -0.15) is 4.31 Å². The fourth-order valence-corrected chi connectivity index (χ4v) is 3.80. The molecule has 1 fully saturated rings. The molecule has 0 radical (unpaired) electrons. The zero-order valence-corrected chi connectivity index (χ0v) is 12.7. The quantitative estimate of drug-likeness (QED) is 0.801. The fourth-order valence-electron chi connectivity index (χ4n) is 1.91. The minimum absolute atomic E-state index is 0.0198. The lowest BCUT2D eigenvalue weighted by molar-refractivity contribution is -0.122. The zero-order chi connectivity index (χ0) is 15.6. The van der Waals surface area contributed by atoms with Crippen LogP contribution in [0.2, 0.25) is 5.02 Å². The van der Waals surface area contributed by atoms with Crippen LogP contribution in [0.3, 0.4) is 0 Å². The highest BCUT2D eigenvalue weighted by Gasteiger charge is 2.31. The van der Waals surface area contributed by atoms with Crippen LogP contribution < -0.4 is 5.32 Å². The Hall–Kier alpha value is -1.64. The van der Waals surface area contributed by atoms with Gasteiger partial charge in [0.15, 0.2) is 0 Å². The van der Waals surface area contributed by atoms with E-state index in [-0.39, 0.29) is 41.0 Å². The number of nitrogens with zero attached hydrogens (tertiary/aromatic N) is 1. The Labute approximate surface area is 126 Å². The third-order valence-electron chi connectivity index (χ3n) is 2.97. The number of ether oxygens (including phenoxy) is 1. The average molecular weight is 333 g/mol. The maximum atomic E-state index is 12.5. The van der Waals surface area contributed by atoms with Gasteiger partial charge in [0.25, 0.3) is 0 Å². The van der Waals surface area contributed by atoms with Gasteiger partial charge in [-0.05, 0) is 18.2 Å². The van der Waals surface area contributed by atoms with Gasteiger partial charge in [0, 0.05) is 13.1 Å². The number of methoxy groups -OCH3 is 1. The smallest absolute Gasteiger partial charge is 0.337 e. The predicted octanol–water partition coefficient (Wildman–Crippen LogP) is 0.247. The molecule has 0 aromatic heterocycles. The summed E-state index contributed by atoms with van der Waals surface area (Å²) in [7, 11) is -2.76. The molecule has 1 amide bonds. The molecule has 2 rings (SSSR count). The molecule has 9 heteroatoms. The highest BCUT2D eigenvalue weighted by Crippen LogP contribution is 2.26. The molecule has 1 aromatic rings. The Morgan fingerprint density at radius 3 is 2.76 bits per heavy atom. The number of carbonyl (C=O) groups excluding carboxylic acids is 2. The molecule has 1 aliphatic heterocycles. The molecule has 1 N–H and O–H groups in total. The van der Waals surface area contributed by atoms with Gasteiger partial charge in [0.05, 0.1) is 24.2 Å². The highest BCUT2D eigenvalue weighted by atomic mass is 35.5. The van der Waals surface area contributed by atoms with Gasteiger partial charge in [-0.25, -0.2) is 13.2 Å². The molecule has 1 aromatic carbocycles. The molecule has 114 valence electrons. The first-order valence-electron chi connectivity index (χ1n) is 6.01. The third kappa shape index (κ3) is 3.17. The third-order valence-corrected chi connectivity index (χ3v) is 5.30. The molecule has 1 heterocycles. The molecular formula is C12H13ClN2O5S. The Morgan fingerprint density at radius 1 is 1.43 bits per heavy atom. The van der Waals surface area contributed by atoms with Crippen LogP contribution in [0.1, 0.15) is 10.4 Å². The van der Waals surface area contributed by atoms with Crippen LogP contribution in [0, 0.1) is 0 Å². The number of esters is 1. The number of halogens is 1. The predicted molar refractivity (Wildman–Crippen MR) is 74.6 cm³/mol. The van der Waals surface area contributed by atoms with E-state index in [0.717, 1.165) is 10.4 Å². The van der Waals surface area contributed by atoms with Gasteiger partial charge in [0.1, 0.15) is 4.90 Å². The van der Waals surface area contributed by atoms with Crippen molar-refractivity contribution in [1.82, 2.24) is 9.62 Å². The Bertz CT molecular complexity index is 689. The van der Waals surface area contributed by atoms with Crippen LogP contribution in [0.5, 0.6) is 0 Å². The second-order valence-corrected chi connectivity index (χ2v) is 6.64. The first-order chi connectivity index (χ1) is 9.86. The van der Waals surface area contributed by atoms with Crippen LogP contribution >= 0.6 is 11.6 Å². The van der Waals surface area contributed by atoms with E-state index in [2.05, 4.69) is 10.1 Å². The molecule has 7 nitrogen and oxygen atoms in total. The lowest BCUT2D eigenvalue weighted by Crippen LogP contribution is -2.49. The summed E-state index contributed by atoms with van der Waals surface area (Å²) in [6.45, 7) is 0.0976. The van der Waals surface area contributed by atoms with Gasteiger partial charge >= 0.3 is 5.97 Å². The molecule has 0 spiro atoms. The minimum Gasteiger partial charge on any atom is -0.465 e. The monoisotopic (exact) mass is 332 g/mol. The molecule has 0 aliphatic carbocycles. The van der Waals surface area contributed by atoms with E-state index in [9.17, 15) is 18.0 Å². The Balaban J connectivity index is 2.43. The largest absolute Gasteiger partial charge is 0.465 e. The first kappa shape index (κ1) is 15.7. The number of benzene rings is 1. The van der Waals surface area contributed by atoms with E-state index < -0.39 is 16.0 Å². The van der Waals surface area contributed by atoms with Crippen molar-refractivity contribution in [2.24, 2.45) is 0 Å². The summed E-state index contributed by atoms with van der Waals surface area (Å²) in [5.41, 5.74) is 0.0712. The second-order valence-electron chi connectivity index (χ2n) is 4.33. The summed E-state index contributed by atoms with van der Waals surface area (Å²) < 4.78 is 30.6. The summed E-state index contributed by atoms with van der Waals surface area (Å²) in [6, 6.07) is 3.83. The van der Waals surface area contributed by atoms with E-state index in [0.29, 0.717) is 0 Å². The summed E-state index contributed by atoms with van der Waals surface area (Å²) in [4.78, 5) is 22.6. The Kier molecular flexibility index (Phi) is 4.50. The summed E-state index contributed by atoms with van der Waals surface area (Å²) in [5.74, 6) is -1.05. The van der Waals surface area contributed by atoms with Crippen LogP contribution in [0.15, 0.2) is 23.1 Å². The summed E-state index contributed by atoms with van der Waals surface area (Å²) in [5, 5.41) is 2.52. The normalized spacial score (nSPS) is 16.4. The van der Waals surface area contributed by atoms with Crippen molar-refractivity contribution in [2.75, 3.05) is 26.7 Å². The number of sulfonamides is 1. The number of amides is 1. The van der Waals surface area contributed by atoms with Gasteiger partial charge < -0.3 is 10.1 Å². The van der Waals surface area contributed by atoms with Gasteiger partial charge in [-0.1, -0.05) is 11.6 Å². The standard InChI is InChI=1S/C12H13ClN2O5S/c1-20-12(17)8-2-3-9(13)10(6-8)21(18,19)15-5-4-14-11(16)7-15/h2-3,6H,4-5,7H2,1H3,(H,14,16). The SMILES string of the molecule is COC(=O)c1ccc(Cl)c(S(=O)(=O)N2CCNC(=O)C2)c1. The van der Waals surface area contributed by atoms with Gasteiger partial charge in [-0.15, -0.1) is 0 Å². The highest BCUT2D eigenvalue weighted by molar-refractivity contribution is 7.89. The second kappa shape index (κ2) is 6.00. The van der Waals surface area contributed by atoms with Crippen molar-refractivity contribution in [3.05, 3.63) is 28.8 Å². The van der Waals surface area contributed by atoms with Crippen molar-refractivity contribution in [1.29, 1.82) is 0 Å². The van der Waals surface area contributed by atoms with Crippen molar-refractivity contribution in [3.63, 3.8) is 0 Å². The molecule has 21 heavy (non-hydrogen) atoms. The van der Waals surface area contributed by atoms with E-state index in [1.54, 1.807) is 0 Å². The molecule has 0 atom stereocenters. The van der Waals surface area contributed by atoms with E-state index in [1.165, 1.54) is 19.2 Å². The number of hydrogen-bond acceptors (Lipinski definition) is 5. The van der Waals surface area contributed by atoms with Crippen LogP contribution in [-0.4, -0.2) is 51.3 Å². The van der Waals surface area contributed by atoms with E-state index in [1.807, 2.05) is 0 Å². The average Bonchev–Trinajstić information content (AvgIpc) is 2.46. The lowest BCUT2D eigenvalue weighted by atomic mass is 10.2. The first-order valence-corrected chi connectivity index (χ1v) is 7.83. The van der Waals surface area contributed by atoms with E-state index in [4.69, 9.17) is 11.6 Å². The van der Waals surface area contributed by atoms with Crippen LogP contribution in [0.4, 0.5) is 0 Å². The van der Waals surface area contributed by atoms with Gasteiger partial charge in [0.2, 0.25) is 15.9 Å². The molecular weight excluding hydrogens is 320 g/mol. The molecule has 1 aliphatic rings. The fraction of sp³-hybridized carbons (Fsp3) is 0.333. The van der Waals surface area contributed by atoms with Crippen molar-refractivity contribution in [2.45, 2.75) is 4.90 Å². The number of hydrogen-bond donors (Lipinski definition) is 1. The number of carbonyl (C=O) groups is 2. The summed E-state index contributed by atoms with van der Waals surface area (Å²) >= 11 is 5.93. The molecule has 0 bridgehead atoms. The topological polar surface area (TPSA) is 92.8 Å². The lowest BCUT2D eigenvalue weighted by Gasteiger charge is -2.26. The van der Waals surface area contributed by atoms with Crippen molar-refractivity contribution < 1.29 is 22.7 Å². The number of rotatable bonds is 3. The minimum atomic E-state index is -3.96. The van der Waals surface area contributed by atoms with Crippen LogP contribution in [-0.2, 0) is 19.6 Å². The maximum absolute atomic E-state index is 12.5. The van der Waals surface area contributed by atoms with E-state index >= 15 is 0 Å². The number of nitrogens with one attached hydrogen (secondary N) is 1. The zero-order valence-electron chi connectivity index (χ0n) is 11.1. The number of piperazine rings is 1. The summed E-state index contributed by atoms with van der Waals surface area (Å²) in [6.07, 6.45) is 0. The molecule has 0 unspecified atom stereocenters. The van der Waals surface area contributed by atoms with Gasteiger partial charge in [-0.3, -0.25) is 4.79 Å². The molecule has 0 saturated carbocycles. The van der Waals surface area contributed by atoms with Crippen LogP contribution in [0.25, 0.3) is 0 Å². The van der Waals surface area contributed by atoms with Crippen molar-refractivity contribution >= 4 is 33.5 Å². The van der Waals surface area contributed by atoms with Crippen molar-refractivity contribution in [3.8, 4) is 0 Å².